The zero-order valence-electron chi connectivity index (χ0n) is 40.6. The molecule has 5 amide bonds. The van der Waals surface area contributed by atoms with Gasteiger partial charge in [0.15, 0.2) is 0 Å². The molecule has 0 radical (unpaired) electrons. The molecule has 7 rings (SSSR count). The van der Waals surface area contributed by atoms with E-state index in [1.807, 2.05) is 61.8 Å². The summed E-state index contributed by atoms with van der Waals surface area (Å²) in [4.78, 5) is 73.5. The number of nitrogens with one attached hydrogen (secondary N) is 5. The minimum atomic E-state index is -0.995. The fourth-order valence-corrected chi connectivity index (χ4v) is 7.04. The number of rotatable bonds is 11. The number of carboxylic acids is 1. The van der Waals surface area contributed by atoms with Gasteiger partial charge in [-0.1, -0.05) is 42.5 Å². The SMILES string of the molecule is Cn1cc(-c2ccc(NC(=O)c3cc(NC(=O)OC(C)(C)C)cn3C)cc2)cc1C(=O)O.Cn1cc(NC(=O)OC(C)(C)C)cc1C(=O)Nc1ccc(-c2cc(C(=O)Nc3ccccc3)n(C)c2)cc1. The molecule has 0 aliphatic carbocycles. The highest BCUT2D eigenvalue weighted by Gasteiger charge is 2.21. The lowest BCUT2D eigenvalue weighted by Crippen LogP contribution is -2.27. The number of aromatic carboxylic acids is 1. The van der Waals surface area contributed by atoms with E-state index in [0.29, 0.717) is 39.8 Å². The average Bonchev–Trinajstić information content (AvgIpc) is 4.05. The van der Waals surface area contributed by atoms with Crippen LogP contribution in [0.1, 0.15) is 83.5 Å². The number of carbonyl (C=O) groups excluding carboxylic acids is 5. The molecule has 4 heterocycles. The molecule has 0 saturated heterocycles. The highest BCUT2D eigenvalue weighted by Crippen LogP contribution is 2.27. The third-order valence-electron chi connectivity index (χ3n) is 10.2. The molecule has 0 spiro atoms. The number of para-hydroxylation sites is 1. The summed E-state index contributed by atoms with van der Waals surface area (Å²) in [6, 6.07) is 30.3. The standard InChI is InChI=1S/C29H31N5O4.C23H26N4O5/c1-29(2,3)38-28(37)32-23-16-25(34(5)18-23)27(36)31-22-13-11-19(12-14-22)20-15-24(33(4)17-20)26(35)30-21-9-7-6-8-10-21;1-23(2,3)32-22(31)25-17-11-18(27(5)13-17)20(28)24-16-8-6-14(7-9-16)15-10-19(21(29)30)26(4)12-15/h6-18H,1-5H3,(H,30,35)(H,31,36)(H,32,37);6-13H,1-5H3,(H,24,28)(H,25,31)(H,29,30). The van der Waals surface area contributed by atoms with Crippen LogP contribution >= 0.6 is 0 Å². The summed E-state index contributed by atoms with van der Waals surface area (Å²) in [5, 5.41) is 23.0. The molecule has 0 aliphatic rings. The number of aryl methyl sites for hydroxylation is 4. The lowest BCUT2D eigenvalue weighted by Gasteiger charge is -2.19. The molecule has 7 aromatic rings. The molecule has 70 heavy (non-hydrogen) atoms. The summed E-state index contributed by atoms with van der Waals surface area (Å²) >= 11 is 0. The number of aromatic nitrogens is 4. The van der Waals surface area contributed by atoms with Crippen molar-refractivity contribution in [3.8, 4) is 22.3 Å². The number of hydrogen-bond donors (Lipinski definition) is 6. The molecule has 6 N–H and O–H groups in total. The molecule has 0 atom stereocenters. The average molecular weight is 952 g/mol. The van der Waals surface area contributed by atoms with Gasteiger partial charge in [0, 0.05) is 81.2 Å². The monoisotopic (exact) mass is 951 g/mol. The van der Waals surface area contributed by atoms with Gasteiger partial charge < -0.3 is 48.8 Å². The second kappa shape index (κ2) is 21.0. The first-order chi connectivity index (χ1) is 32.9. The lowest BCUT2D eigenvalue weighted by atomic mass is 10.1. The molecule has 18 heteroatoms. The largest absolute Gasteiger partial charge is 0.477 e. The van der Waals surface area contributed by atoms with Gasteiger partial charge in [0.2, 0.25) is 0 Å². The van der Waals surface area contributed by atoms with E-state index in [9.17, 15) is 33.9 Å². The number of anilines is 5. The first-order valence-electron chi connectivity index (χ1n) is 22.0. The molecule has 3 aromatic carbocycles. The predicted octanol–water partition coefficient (Wildman–Crippen LogP) is 10.2. The van der Waals surface area contributed by atoms with E-state index in [1.165, 1.54) is 0 Å². The Hall–Kier alpha value is -8.80. The molecule has 0 aliphatic heterocycles. The van der Waals surface area contributed by atoms with Crippen molar-refractivity contribution < 1.29 is 43.3 Å². The third-order valence-corrected chi connectivity index (χ3v) is 10.2. The van der Waals surface area contributed by atoms with Crippen LogP contribution in [0.25, 0.3) is 22.3 Å². The Kier molecular flexibility index (Phi) is 15.2. The van der Waals surface area contributed by atoms with Crippen molar-refractivity contribution in [2.24, 2.45) is 28.2 Å². The fraction of sp³-hybridized carbons (Fsp3) is 0.231. The van der Waals surface area contributed by atoms with E-state index in [2.05, 4.69) is 26.6 Å². The van der Waals surface area contributed by atoms with Crippen LogP contribution < -0.4 is 26.6 Å². The van der Waals surface area contributed by atoms with Crippen molar-refractivity contribution in [3.05, 3.63) is 151 Å². The molecular weight excluding hydrogens is 895 g/mol. The smallest absolute Gasteiger partial charge is 0.412 e. The van der Waals surface area contributed by atoms with E-state index >= 15 is 0 Å². The maximum atomic E-state index is 12.9. The highest BCUT2D eigenvalue weighted by atomic mass is 16.6. The Balaban J connectivity index is 0.000000233. The van der Waals surface area contributed by atoms with Crippen molar-refractivity contribution in [3.63, 3.8) is 0 Å². The summed E-state index contributed by atoms with van der Waals surface area (Å²) in [6.07, 6.45) is 5.70. The van der Waals surface area contributed by atoms with E-state index in [1.54, 1.807) is 154 Å². The summed E-state index contributed by atoms with van der Waals surface area (Å²) in [5.74, 6) is -1.86. The number of nitrogens with zero attached hydrogens (tertiary/aromatic N) is 4. The summed E-state index contributed by atoms with van der Waals surface area (Å²) in [5.41, 5.74) is 6.40. The number of amides is 5. The van der Waals surface area contributed by atoms with Gasteiger partial charge in [-0.05, 0) is 113 Å². The van der Waals surface area contributed by atoms with Gasteiger partial charge >= 0.3 is 18.2 Å². The molecule has 0 unspecified atom stereocenters. The summed E-state index contributed by atoms with van der Waals surface area (Å²) < 4.78 is 17.0. The molecule has 0 bridgehead atoms. The third kappa shape index (κ3) is 13.7. The van der Waals surface area contributed by atoms with Gasteiger partial charge in [-0.3, -0.25) is 25.0 Å². The minimum Gasteiger partial charge on any atom is -0.477 e. The number of ether oxygens (including phenoxy) is 2. The van der Waals surface area contributed by atoms with Gasteiger partial charge in [-0.15, -0.1) is 0 Å². The fourth-order valence-electron chi connectivity index (χ4n) is 7.04. The van der Waals surface area contributed by atoms with Gasteiger partial charge in [-0.25, -0.2) is 14.4 Å². The summed E-state index contributed by atoms with van der Waals surface area (Å²) in [6.45, 7) is 10.6. The van der Waals surface area contributed by atoms with Crippen LogP contribution in [0, 0.1) is 0 Å². The van der Waals surface area contributed by atoms with E-state index < -0.39 is 29.4 Å². The zero-order valence-corrected chi connectivity index (χ0v) is 40.6. The first-order valence-corrected chi connectivity index (χ1v) is 22.0. The lowest BCUT2D eigenvalue weighted by molar-refractivity contribution is 0.0624. The highest BCUT2D eigenvalue weighted by molar-refractivity contribution is 6.06. The van der Waals surface area contributed by atoms with Crippen LogP contribution in [0.3, 0.4) is 0 Å². The summed E-state index contributed by atoms with van der Waals surface area (Å²) in [7, 11) is 6.92. The van der Waals surface area contributed by atoms with Crippen LogP contribution in [-0.2, 0) is 37.7 Å². The Bertz CT molecular complexity index is 3040. The van der Waals surface area contributed by atoms with Crippen molar-refractivity contribution >= 4 is 64.3 Å². The molecule has 364 valence electrons. The number of hydrogen-bond acceptors (Lipinski definition) is 8. The number of carbonyl (C=O) groups is 6. The Morgan fingerprint density at radius 3 is 1.09 bits per heavy atom. The van der Waals surface area contributed by atoms with Crippen molar-refractivity contribution in [1.29, 1.82) is 0 Å². The minimum absolute atomic E-state index is 0.192. The predicted molar refractivity (Wildman–Crippen MR) is 269 cm³/mol. The van der Waals surface area contributed by atoms with Gasteiger partial charge in [0.05, 0.1) is 11.4 Å². The van der Waals surface area contributed by atoms with Crippen LogP contribution in [-0.4, -0.2) is 70.5 Å². The molecule has 0 fully saturated rings. The number of benzene rings is 3. The first kappa shape index (κ1) is 50.6. The van der Waals surface area contributed by atoms with Crippen molar-refractivity contribution in [2.75, 3.05) is 26.6 Å². The van der Waals surface area contributed by atoms with Crippen molar-refractivity contribution in [2.45, 2.75) is 52.7 Å². The Morgan fingerprint density at radius 2 is 0.729 bits per heavy atom. The molecule has 18 nitrogen and oxygen atoms in total. The topological polar surface area (TPSA) is 221 Å². The van der Waals surface area contributed by atoms with Gasteiger partial charge in [-0.2, -0.15) is 0 Å². The zero-order chi connectivity index (χ0) is 51.1. The van der Waals surface area contributed by atoms with E-state index in [0.717, 1.165) is 27.9 Å². The normalized spacial score (nSPS) is 11.1. The van der Waals surface area contributed by atoms with Crippen molar-refractivity contribution in [1.82, 2.24) is 18.3 Å². The van der Waals surface area contributed by atoms with Crippen LogP contribution in [0.4, 0.5) is 38.0 Å². The van der Waals surface area contributed by atoms with Crippen LogP contribution in [0.2, 0.25) is 0 Å². The van der Waals surface area contributed by atoms with Gasteiger partial charge in [0.1, 0.15) is 34.0 Å². The van der Waals surface area contributed by atoms with E-state index in [4.69, 9.17) is 9.47 Å². The second-order valence-corrected chi connectivity index (χ2v) is 18.3. The molecule has 0 saturated carbocycles. The maximum absolute atomic E-state index is 12.9. The Morgan fingerprint density at radius 1 is 0.400 bits per heavy atom. The molecular formula is C52H57N9O9. The van der Waals surface area contributed by atoms with Crippen LogP contribution in [0.5, 0.6) is 0 Å². The quantitative estimate of drug-likeness (QED) is 0.0725. The van der Waals surface area contributed by atoms with Gasteiger partial charge in [0.25, 0.3) is 17.7 Å². The number of carboxylic acid groups (broad SMARTS) is 1. The second-order valence-electron chi connectivity index (χ2n) is 18.3. The molecule has 4 aromatic heterocycles. The Labute approximate surface area is 405 Å². The van der Waals surface area contributed by atoms with Crippen LogP contribution in [0.15, 0.2) is 128 Å². The van der Waals surface area contributed by atoms with E-state index in [-0.39, 0.29) is 23.4 Å². The maximum Gasteiger partial charge on any atom is 0.412 e.